The van der Waals surface area contributed by atoms with Crippen molar-refractivity contribution in [2.24, 2.45) is 5.73 Å². The van der Waals surface area contributed by atoms with Gasteiger partial charge in [-0.3, -0.25) is 4.90 Å². The Labute approximate surface area is 99.7 Å². The average molecular weight is 229 g/mol. The monoisotopic (exact) mass is 229 g/mol. The number of nitrogens with zero attached hydrogens (tertiary/aromatic N) is 2. The molecule has 4 heteroatoms. The highest BCUT2D eigenvalue weighted by atomic mass is 16.5. The van der Waals surface area contributed by atoms with E-state index in [2.05, 4.69) is 30.8 Å². The number of hydrogen-bond donors (Lipinski definition) is 1. The number of hydrogen-bond acceptors (Lipinski definition) is 4. The van der Waals surface area contributed by atoms with Crippen LogP contribution < -0.4 is 5.73 Å². The zero-order valence-electron chi connectivity index (χ0n) is 11.2. The SMILES string of the molecule is COCC(C)(CN)N(C)C1CCN(C)CC1. The van der Waals surface area contributed by atoms with Crippen LogP contribution in [0.2, 0.25) is 0 Å². The number of ether oxygens (including phenoxy) is 1. The van der Waals surface area contributed by atoms with Crippen molar-refractivity contribution in [3.8, 4) is 0 Å². The summed E-state index contributed by atoms with van der Waals surface area (Å²) >= 11 is 0. The maximum absolute atomic E-state index is 5.90. The van der Waals surface area contributed by atoms with E-state index in [0.717, 1.165) is 0 Å². The molecular formula is C12H27N3O. The van der Waals surface area contributed by atoms with Gasteiger partial charge in [-0.25, -0.2) is 0 Å². The molecule has 1 heterocycles. The highest BCUT2D eigenvalue weighted by Crippen LogP contribution is 2.22. The second kappa shape index (κ2) is 5.96. The summed E-state index contributed by atoms with van der Waals surface area (Å²) < 4.78 is 5.30. The molecule has 0 spiro atoms. The van der Waals surface area contributed by atoms with E-state index in [9.17, 15) is 0 Å². The fourth-order valence-corrected chi connectivity index (χ4v) is 2.44. The number of methoxy groups -OCH3 is 1. The lowest BCUT2D eigenvalue weighted by atomic mass is 9.95. The van der Waals surface area contributed by atoms with Gasteiger partial charge in [0.2, 0.25) is 0 Å². The third-order valence-electron chi connectivity index (χ3n) is 3.98. The van der Waals surface area contributed by atoms with Gasteiger partial charge < -0.3 is 15.4 Å². The van der Waals surface area contributed by atoms with E-state index in [0.29, 0.717) is 19.2 Å². The molecule has 0 aromatic carbocycles. The van der Waals surface area contributed by atoms with Crippen molar-refractivity contribution in [3.05, 3.63) is 0 Å². The van der Waals surface area contributed by atoms with E-state index in [1.54, 1.807) is 7.11 Å². The number of likely N-dealkylation sites (tertiary alicyclic amines) is 1. The fraction of sp³-hybridized carbons (Fsp3) is 1.00. The van der Waals surface area contributed by atoms with E-state index < -0.39 is 0 Å². The van der Waals surface area contributed by atoms with Crippen LogP contribution in [0.5, 0.6) is 0 Å². The Morgan fingerprint density at radius 1 is 1.44 bits per heavy atom. The van der Waals surface area contributed by atoms with Crippen LogP contribution in [0.3, 0.4) is 0 Å². The number of rotatable bonds is 5. The van der Waals surface area contributed by atoms with Gasteiger partial charge in [0.1, 0.15) is 0 Å². The van der Waals surface area contributed by atoms with E-state index >= 15 is 0 Å². The molecule has 1 unspecified atom stereocenters. The molecule has 1 aliphatic heterocycles. The summed E-state index contributed by atoms with van der Waals surface area (Å²) in [6.07, 6.45) is 2.46. The summed E-state index contributed by atoms with van der Waals surface area (Å²) in [6, 6.07) is 0.639. The standard InChI is InChI=1S/C12H27N3O/c1-12(9-13,10-16-4)15(3)11-5-7-14(2)8-6-11/h11H,5-10,13H2,1-4H3. The van der Waals surface area contributed by atoms with E-state index in [4.69, 9.17) is 10.5 Å². The fourth-order valence-electron chi connectivity index (χ4n) is 2.44. The second-order valence-corrected chi connectivity index (χ2v) is 5.28. The topological polar surface area (TPSA) is 41.7 Å². The molecule has 1 aliphatic rings. The van der Waals surface area contributed by atoms with Crippen LogP contribution in [-0.4, -0.2) is 68.8 Å². The highest BCUT2D eigenvalue weighted by Gasteiger charge is 2.33. The smallest absolute Gasteiger partial charge is 0.0656 e. The molecule has 1 atom stereocenters. The Balaban J connectivity index is 2.57. The first-order chi connectivity index (χ1) is 7.53. The van der Waals surface area contributed by atoms with Crippen LogP contribution in [-0.2, 0) is 4.74 Å². The third kappa shape index (κ3) is 3.17. The lowest BCUT2D eigenvalue weighted by molar-refractivity contribution is 0.000950. The third-order valence-corrected chi connectivity index (χ3v) is 3.98. The van der Waals surface area contributed by atoms with Crippen molar-refractivity contribution in [1.82, 2.24) is 9.80 Å². The predicted molar refractivity (Wildman–Crippen MR) is 67.6 cm³/mol. The summed E-state index contributed by atoms with van der Waals surface area (Å²) in [5.41, 5.74) is 5.86. The summed E-state index contributed by atoms with van der Waals surface area (Å²) in [4.78, 5) is 4.81. The lowest BCUT2D eigenvalue weighted by Gasteiger charge is -2.45. The molecule has 2 N–H and O–H groups in total. The first kappa shape index (κ1) is 13.9. The molecule has 16 heavy (non-hydrogen) atoms. The van der Waals surface area contributed by atoms with Crippen LogP contribution >= 0.6 is 0 Å². The van der Waals surface area contributed by atoms with Gasteiger partial charge in [-0.15, -0.1) is 0 Å². The van der Waals surface area contributed by atoms with Crippen LogP contribution in [0.1, 0.15) is 19.8 Å². The average Bonchev–Trinajstić information content (AvgIpc) is 2.29. The van der Waals surface area contributed by atoms with Gasteiger partial charge in [0, 0.05) is 19.7 Å². The molecule has 0 bridgehead atoms. The normalized spacial score (nSPS) is 23.6. The van der Waals surface area contributed by atoms with Crippen molar-refractivity contribution in [1.29, 1.82) is 0 Å². The zero-order valence-corrected chi connectivity index (χ0v) is 11.2. The predicted octanol–water partition coefficient (Wildman–Crippen LogP) is 0.376. The van der Waals surface area contributed by atoms with Gasteiger partial charge in [0.25, 0.3) is 0 Å². The quantitative estimate of drug-likeness (QED) is 0.740. The molecule has 1 fully saturated rings. The minimum absolute atomic E-state index is 0.0324. The Hall–Kier alpha value is -0.160. The van der Waals surface area contributed by atoms with Crippen molar-refractivity contribution in [2.45, 2.75) is 31.3 Å². The molecule has 0 aromatic heterocycles. The first-order valence-corrected chi connectivity index (χ1v) is 6.14. The zero-order chi connectivity index (χ0) is 12.2. The number of piperidine rings is 1. The Kier molecular flexibility index (Phi) is 5.18. The second-order valence-electron chi connectivity index (χ2n) is 5.28. The summed E-state index contributed by atoms with van der Waals surface area (Å²) in [5.74, 6) is 0. The van der Waals surface area contributed by atoms with Crippen LogP contribution in [0.4, 0.5) is 0 Å². The van der Waals surface area contributed by atoms with Crippen molar-refractivity contribution >= 4 is 0 Å². The Morgan fingerprint density at radius 2 is 2.00 bits per heavy atom. The molecule has 1 saturated heterocycles. The summed E-state index contributed by atoms with van der Waals surface area (Å²) in [6.45, 7) is 5.90. The van der Waals surface area contributed by atoms with E-state index in [1.165, 1.54) is 25.9 Å². The maximum Gasteiger partial charge on any atom is 0.0656 e. The minimum atomic E-state index is -0.0324. The maximum atomic E-state index is 5.90. The molecule has 0 amide bonds. The van der Waals surface area contributed by atoms with E-state index in [-0.39, 0.29) is 5.54 Å². The molecule has 0 saturated carbocycles. The van der Waals surface area contributed by atoms with E-state index in [1.807, 2.05) is 0 Å². The van der Waals surface area contributed by atoms with Crippen molar-refractivity contribution < 1.29 is 4.74 Å². The molecule has 96 valence electrons. The first-order valence-electron chi connectivity index (χ1n) is 6.14. The Bertz CT molecular complexity index is 204. The highest BCUT2D eigenvalue weighted by molar-refractivity contribution is 4.91. The van der Waals surface area contributed by atoms with Crippen LogP contribution in [0.25, 0.3) is 0 Å². The van der Waals surface area contributed by atoms with Crippen molar-refractivity contribution in [3.63, 3.8) is 0 Å². The van der Waals surface area contributed by atoms with Gasteiger partial charge in [0.15, 0.2) is 0 Å². The van der Waals surface area contributed by atoms with Gasteiger partial charge in [-0.1, -0.05) is 0 Å². The largest absolute Gasteiger partial charge is 0.383 e. The van der Waals surface area contributed by atoms with Crippen LogP contribution in [0, 0.1) is 0 Å². The summed E-state index contributed by atoms with van der Waals surface area (Å²) in [7, 11) is 6.12. The van der Waals surface area contributed by atoms with Crippen molar-refractivity contribution in [2.75, 3.05) is 47.4 Å². The number of likely N-dealkylation sites (N-methyl/N-ethyl adjacent to an activating group) is 1. The lowest BCUT2D eigenvalue weighted by Crippen LogP contribution is -2.58. The number of nitrogens with two attached hydrogens (primary N) is 1. The van der Waals surface area contributed by atoms with Gasteiger partial charge >= 0.3 is 0 Å². The molecular weight excluding hydrogens is 202 g/mol. The molecule has 4 nitrogen and oxygen atoms in total. The molecule has 0 radical (unpaired) electrons. The minimum Gasteiger partial charge on any atom is -0.383 e. The summed E-state index contributed by atoms with van der Waals surface area (Å²) in [5, 5.41) is 0. The van der Waals surface area contributed by atoms with Gasteiger partial charge in [0.05, 0.1) is 12.1 Å². The molecule has 0 aliphatic carbocycles. The van der Waals surface area contributed by atoms with Gasteiger partial charge in [-0.05, 0) is 47.0 Å². The molecule has 1 rings (SSSR count). The Morgan fingerprint density at radius 3 is 2.44 bits per heavy atom. The van der Waals surface area contributed by atoms with Gasteiger partial charge in [-0.2, -0.15) is 0 Å². The molecule has 0 aromatic rings. The van der Waals surface area contributed by atoms with Crippen LogP contribution in [0.15, 0.2) is 0 Å².